The molecule has 0 fully saturated rings. The maximum absolute atomic E-state index is 12.5. The summed E-state index contributed by atoms with van der Waals surface area (Å²) in [5.41, 5.74) is 1.63. The molecule has 4 aromatic rings. The number of amides is 1. The van der Waals surface area contributed by atoms with E-state index in [0.717, 1.165) is 16.0 Å². The Morgan fingerprint density at radius 3 is 2.61 bits per heavy atom. The van der Waals surface area contributed by atoms with Crippen molar-refractivity contribution >= 4 is 54.7 Å². The molecule has 2 N–H and O–H groups in total. The standard InChI is InChI=1S/C20H16F2N4O3S2/c1-2-28-13-7-8-14-16(9-13)31-20(24-14)26-17(27)15-10-30-19(25-15)23-11-3-5-12(6-4-11)29-18(21)22/h3-10,18H,2H2,1H3,(H,23,25)(H,24,26,27). The minimum atomic E-state index is -2.87. The van der Waals surface area contributed by atoms with Crippen LogP contribution in [0.25, 0.3) is 10.2 Å². The van der Waals surface area contributed by atoms with Crippen LogP contribution >= 0.6 is 22.7 Å². The van der Waals surface area contributed by atoms with Crippen LogP contribution in [-0.2, 0) is 0 Å². The zero-order valence-corrected chi connectivity index (χ0v) is 17.7. The summed E-state index contributed by atoms with van der Waals surface area (Å²) in [4.78, 5) is 21.2. The Balaban J connectivity index is 1.40. The number of benzene rings is 2. The van der Waals surface area contributed by atoms with E-state index in [1.807, 2.05) is 25.1 Å². The van der Waals surface area contributed by atoms with Crippen molar-refractivity contribution in [1.82, 2.24) is 9.97 Å². The van der Waals surface area contributed by atoms with E-state index < -0.39 is 6.61 Å². The molecule has 0 spiro atoms. The van der Waals surface area contributed by atoms with Gasteiger partial charge in [-0.15, -0.1) is 11.3 Å². The summed E-state index contributed by atoms with van der Waals surface area (Å²) in [6.07, 6.45) is 0. The van der Waals surface area contributed by atoms with Crippen LogP contribution in [0.15, 0.2) is 47.8 Å². The number of hydrogen-bond donors (Lipinski definition) is 2. The molecule has 0 aliphatic carbocycles. The zero-order chi connectivity index (χ0) is 21.8. The maximum Gasteiger partial charge on any atom is 0.387 e. The lowest BCUT2D eigenvalue weighted by Crippen LogP contribution is -2.12. The van der Waals surface area contributed by atoms with Crippen LogP contribution in [0.4, 0.5) is 24.7 Å². The van der Waals surface area contributed by atoms with Crippen molar-refractivity contribution in [3.8, 4) is 11.5 Å². The second-order valence-corrected chi connectivity index (χ2v) is 7.99. The monoisotopic (exact) mass is 462 g/mol. The topological polar surface area (TPSA) is 85.4 Å². The molecule has 0 saturated heterocycles. The highest BCUT2D eigenvalue weighted by Gasteiger charge is 2.14. The van der Waals surface area contributed by atoms with Crippen LogP contribution in [-0.4, -0.2) is 29.1 Å². The Morgan fingerprint density at radius 2 is 1.87 bits per heavy atom. The molecule has 2 heterocycles. The third kappa shape index (κ3) is 5.25. The number of ether oxygens (including phenoxy) is 2. The fraction of sp³-hybridized carbons (Fsp3) is 0.150. The maximum atomic E-state index is 12.5. The minimum Gasteiger partial charge on any atom is -0.494 e. The van der Waals surface area contributed by atoms with Gasteiger partial charge in [-0.2, -0.15) is 8.78 Å². The van der Waals surface area contributed by atoms with Gasteiger partial charge < -0.3 is 14.8 Å². The first kappa shape index (κ1) is 20.9. The molecule has 0 saturated carbocycles. The van der Waals surface area contributed by atoms with E-state index in [2.05, 4.69) is 25.3 Å². The number of halogens is 2. The minimum absolute atomic E-state index is 0.0592. The van der Waals surface area contributed by atoms with E-state index in [0.29, 0.717) is 22.6 Å². The van der Waals surface area contributed by atoms with Gasteiger partial charge in [-0.3, -0.25) is 10.1 Å². The molecule has 160 valence electrons. The number of fused-ring (bicyclic) bond motifs is 1. The van der Waals surface area contributed by atoms with Crippen LogP contribution in [0.2, 0.25) is 0 Å². The predicted molar refractivity (Wildman–Crippen MR) is 117 cm³/mol. The van der Waals surface area contributed by atoms with Gasteiger partial charge in [0.25, 0.3) is 5.91 Å². The van der Waals surface area contributed by atoms with E-state index in [1.54, 1.807) is 17.5 Å². The largest absolute Gasteiger partial charge is 0.494 e. The van der Waals surface area contributed by atoms with Gasteiger partial charge in [-0.1, -0.05) is 11.3 Å². The number of thiazole rings is 2. The van der Waals surface area contributed by atoms with E-state index in [1.165, 1.54) is 34.8 Å². The summed E-state index contributed by atoms with van der Waals surface area (Å²) in [5.74, 6) is 0.429. The number of anilines is 3. The van der Waals surface area contributed by atoms with Gasteiger partial charge in [0.15, 0.2) is 10.3 Å². The lowest BCUT2D eigenvalue weighted by atomic mass is 10.3. The molecule has 31 heavy (non-hydrogen) atoms. The predicted octanol–water partition coefficient (Wildman–Crippen LogP) is 5.75. The Bertz CT molecular complexity index is 1190. The highest BCUT2D eigenvalue weighted by atomic mass is 32.1. The van der Waals surface area contributed by atoms with Crippen LogP contribution in [0, 0.1) is 0 Å². The molecule has 7 nitrogen and oxygen atoms in total. The Labute approximate surface area is 183 Å². The van der Waals surface area contributed by atoms with Crippen LogP contribution < -0.4 is 20.1 Å². The summed E-state index contributed by atoms with van der Waals surface area (Å²) in [7, 11) is 0. The number of carbonyl (C=O) groups excluding carboxylic acids is 1. The molecule has 0 bridgehead atoms. The molecule has 2 aromatic carbocycles. The lowest BCUT2D eigenvalue weighted by molar-refractivity contribution is -0.0498. The number of nitrogens with one attached hydrogen (secondary N) is 2. The Hall–Kier alpha value is -3.31. The van der Waals surface area contributed by atoms with E-state index in [-0.39, 0.29) is 17.4 Å². The second kappa shape index (κ2) is 9.23. The first-order valence-electron chi connectivity index (χ1n) is 9.12. The average Bonchev–Trinajstić information content (AvgIpc) is 3.35. The number of hydrogen-bond acceptors (Lipinski definition) is 8. The van der Waals surface area contributed by atoms with Crippen molar-refractivity contribution in [2.75, 3.05) is 17.2 Å². The zero-order valence-electron chi connectivity index (χ0n) is 16.1. The summed E-state index contributed by atoms with van der Waals surface area (Å²) in [6.45, 7) is -0.390. The fourth-order valence-corrected chi connectivity index (χ4v) is 4.25. The first-order chi connectivity index (χ1) is 15.0. The fourth-order valence-electron chi connectivity index (χ4n) is 2.65. The van der Waals surface area contributed by atoms with E-state index >= 15 is 0 Å². The molecule has 2 aromatic heterocycles. The lowest BCUT2D eigenvalue weighted by Gasteiger charge is -2.06. The van der Waals surface area contributed by atoms with Crippen molar-refractivity contribution in [3.63, 3.8) is 0 Å². The highest BCUT2D eigenvalue weighted by Crippen LogP contribution is 2.30. The van der Waals surface area contributed by atoms with Gasteiger partial charge in [0, 0.05) is 11.1 Å². The van der Waals surface area contributed by atoms with Gasteiger partial charge in [0.2, 0.25) is 0 Å². The molecule has 0 unspecified atom stereocenters. The quantitative estimate of drug-likeness (QED) is 0.347. The molecule has 0 atom stereocenters. The van der Waals surface area contributed by atoms with Crippen LogP contribution in [0.3, 0.4) is 0 Å². The number of carbonyl (C=O) groups is 1. The van der Waals surface area contributed by atoms with Gasteiger partial charge in [0.05, 0.1) is 16.8 Å². The number of rotatable bonds is 8. The van der Waals surface area contributed by atoms with Gasteiger partial charge >= 0.3 is 6.61 Å². The van der Waals surface area contributed by atoms with Gasteiger partial charge in [0.1, 0.15) is 17.2 Å². The molecule has 0 aliphatic heterocycles. The molecular formula is C20H16F2N4O3S2. The number of nitrogens with zero attached hydrogens (tertiary/aromatic N) is 2. The normalized spacial score (nSPS) is 11.0. The summed E-state index contributed by atoms with van der Waals surface area (Å²) < 4.78 is 35.1. The molecule has 11 heteroatoms. The molecule has 0 radical (unpaired) electrons. The molecule has 1 amide bonds. The van der Waals surface area contributed by atoms with Gasteiger partial charge in [-0.25, -0.2) is 9.97 Å². The molecular weight excluding hydrogens is 446 g/mol. The number of aromatic nitrogens is 2. The van der Waals surface area contributed by atoms with E-state index in [9.17, 15) is 13.6 Å². The summed E-state index contributed by atoms with van der Waals surface area (Å²) >= 11 is 2.59. The van der Waals surface area contributed by atoms with Crippen LogP contribution in [0.5, 0.6) is 11.5 Å². The van der Waals surface area contributed by atoms with Crippen molar-refractivity contribution in [1.29, 1.82) is 0 Å². The van der Waals surface area contributed by atoms with Crippen molar-refractivity contribution in [2.45, 2.75) is 13.5 Å². The second-order valence-electron chi connectivity index (χ2n) is 6.10. The molecule has 4 rings (SSSR count). The summed E-state index contributed by atoms with van der Waals surface area (Å²) in [5, 5.41) is 8.34. The van der Waals surface area contributed by atoms with Crippen molar-refractivity contribution in [2.24, 2.45) is 0 Å². The smallest absolute Gasteiger partial charge is 0.387 e. The first-order valence-corrected chi connectivity index (χ1v) is 10.8. The van der Waals surface area contributed by atoms with Crippen molar-refractivity contribution in [3.05, 3.63) is 53.5 Å². The Kier molecular flexibility index (Phi) is 6.23. The molecule has 0 aliphatic rings. The number of alkyl halides is 2. The van der Waals surface area contributed by atoms with Gasteiger partial charge in [-0.05, 0) is 49.4 Å². The average molecular weight is 463 g/mol. The van der Waals surface area contributed by atoms with E-state index in [4.69, 9.17) is 4.74 Å². The van der Waals surface area contributed by atoms with Crippen molar-refractivity contribution < 1.29 is 23.0 Å². The third-order valence-electron chi connectivity index (χ3n) is 3.96. The Morgan fingerprint density at radius 1 is 1.10 bits per heavy atom. The third-order valence-corrected chi connectivity index (χ3v) is 5.65. The van der Waals surface area contributed by atoms with Crippen LogP contribution in [0.1, 0.15) is 17.4 Å². The SMILES string of the molecule is CCOc1ccc2nc(NC(=O)c3csc(Nc4ccc(OC(F)F)cc4)n3)sc2c1. The summed E-state index contributed by atoms with van der Waals surface area (Å²) in [6, 6.07) is 11.6. The highest BCUT2D eigenvalue weighted by molar-refractivity contribution is 7.22.